The van der Waals surface area contributed by atoms with Crippen LogP contribution in [0.1, 0.15) is 20.3 Å². The first-order valence-electron chi connectivity index (χ1n) is 8.05. The highest BCUT2D eigenvalue weighted by atomic mass is 16.3. The van der Waals surface area contributed by atoms with E-state index >= 15 is 0 Å². The number of pyridine rings is 1. The summed E-state index contributed by atoms with van der Waals surface area (Å²) >= 11 is 0. The van der Waals surface area contributed by atoms with Gasteiger partial charge in [0.1, 0.15) is 11.2 Å². The molecular formula is C18H20N4O3. The number of benzene rings is 1. The molecule has 1 unspecified atom stereocenters. The lowest BCUT2D eigenvalue weighted by Crippen LogP contribution is -2.50. The molecular weight excluding hydrogens is 320 g/mol. The largest absolute Gasteiger partial charge is 0.435 e. The smallest absolute Gasteiger partial charge is 0.319 e. The Bertz CT molecular complexity index is 872. The maximum atomic E-state index is 12.1. The van der Waals surface area contributed by atoms with Crippen molar-refractivity contribution in [1.82, 2.24) is 15.3 Å². The van der Waals surface area contributed by atoms with Crippen molar-refractivity contribution < 1.29 is 14.3 Å². The number of aromatic nitrogens is 2. The minimum Gasteiger partial charge on any atom is -0.435 e. The molecule has 0 saturated heterocycles. The number of urea groups is 1. The van der Waals surface area contributed by atoms with E-state index in [1.54, 1.807) is 31.3 Å². The first-order valence-corrected chi connectivity index (χ1v) is 8.05. The second-order valence-electron chi connectivity index (χ2n) is 6.07. The topological polar surface area (TPSA) is 100 Å². The van der Waals surface area contributed by atoms with Crippen molar-refractivity contribution in [1.29, 1.82) is 0 Å². The third-order valence-corrected chi connectivity index (χ3v) is 4.07. The monoisotopic (exact) mass is 340 g/mol. The fourth-order valence-electron chi connectivity index (χ4n) is 2.28. The Labute approximate surface area is 145 Å². The molecule has 1 aromatic carbocycles. The van der Waals surface area contributed by atoms with Crippen molar-refractivity contribution >= 4 is 22.8 Å². The summed E-state index contributed by atoms with van der Waals surface area (Å²) in [5, 5.41) is 14.9. The zero-order valence-corrected chi connectivity index (χ0v) is 14.1. The van der Waals surface area contributed by atoms with Gasteiger partial charge in [-0.2, -0.15) is 0 Å². The SMILES string of the molecule is CCC(C)(CO)NC(=O)Nc1ccc2nc(-c3ccccn3)oc2c1. The Kier molecular flexibility index (Phi) is 4.67. The Morgan fingerprint density at radius 3 is 2.84 bits per heavy atom. The van der Waals surface area contributed by atoms with Gasteiger partial charge in [-0.15, -0.1) is 0 Å². The number of hydrogen-bond donors (Lipinski definition) is 3. The number of aliphatic hydroxyl groups is 1. The van der Waals surface area contributed by atoms with E-state index < -0.39 is 5.54 Å². The molecule has 1 atom stereocenters. The Balaban J connectivity index is 1.78. The second kappa shape index (κ2) is 6.90. The fraction of sp³-hybridized carbons (Fsp3) is 0.278. The minimum atomic E-state index is -0.660. The molecule has 0 radical (unpaired) electrons. The predicted octanol–water partition coefficient (Wildman–Crippen LogP) is 3.17. The van der Waals surface area contributed by atoms with Crippen LogP contribution in [-0.2, 0) is 0 Å². The van der Waals surface area contributed by atoms with Crippen molar-refractivity contribution in [3.63, 3.8) is 0 Å². The van der Waals surface area contributed by atoms with Gasteiger partial charge in [-0.25, -0.2) is 9.78 Å². The molecule has 2 amide bonds. The van der Waals surface area contributed by atoms with Gasteiger partial charge in [0, 0.05) is 18.0 Å². The van der Waals surface area contributed by atoms with Crippen LogP contribution >= 0.6 is 0 Å². The molecule has 7 nitrogen and oxygen atoms in total. The van der Waals surface area contributed by atoms with Gasteiger partial charge in [0.15, 0.2) is 5.58 Å². The maximum Gasteiger partial charge on any atom is 0.319 e. The molecule has 2 heterocycles. The summed E-state index contributed by atoms with van der Waals surface area (Å²) in [4.78, 5) is 20.7. The molecule has 0 aliphatic rings. The fourth-order valence-corrected chi connectivity index (χ4v) is 2.28. The lowest BCUT2D eigenvalue weighted by Gasteiger charge is -2.27. The molecule has 0 bridgehead atoms. The van der Waals surface area contributed by atoms with E-state index in [-0.39, 0.29) is 12.6 Å². The first kappa shape index (κ1) is 16.9. The average molecular weight is 340 g/mol. The van der Waals surface area contributed by atoms with Crippen LogP contribution in [0.3, 0.4) is 0 Å². The summed E-state index contributed by atoms with van der Waals surface area (Å²) in [5.41, 5.74) is 1.80. The molecule has 2 aromatic heterocycles. The first-order chi connectivity index (χ1) is 12.0. The highest BCUT2D eigenvalue weighted by molar-refractivity contribution is 5.92. The van der Waals surface area contributed by atoms with E-state index in [4.69, 9.17) is 4.42 Å². The van der Waals surface area contributed by atoms with Crippen LogP contribution < -0.4 is 10.6 Å². The molecule has 130 valence electrons. The van der Waals surface area contributed by atoms with E-state index in [1.165, 1.54) is 0 Å². The van der Waals surface area contributed by atoms with Crippen LogP contribution in [0.4, 0.5) is 10.5 Å². The summed E-state index contributed by atoms with van der Waals surface area (Å²) in [6.45, 7) is 3.55. The van der Waals surface area contributed by atoms with E-state index in [0.29, 0.717) is 34.8 Å². The van der Waals surface area contributed by atoms with Crippen LogP contribution in [0.15, 0.2) is 47.0 Å². The Morgan fingerprint density at radius 1 is 1.32 bits per heavy atom. The summed E-state index contributed by atoms with van der Waals surface area (Å²) in [6.07, 6.45) is 2.29. The summed E-state index contributed by atoms with van der Waals surface area (Å²) in [7, 11) is 0. The predicted molar refractivity (Wildman–Crippen MR) is 95.2 cm³/mol. The number of rotatable bonds is 5. The van der Waals surface area contributed by atoms with Crippen LogP contribution in [0.2, 0.25) is 0 Å². The molecule has 0 spiro atoms. The number of fused-ring (bicyclic) bond motifs is 1. The summed E-state index contributed by atoms with van der Waals surface area (Å²) in [5.74, 6) is 0.427. The van der Waals surface area contributed by atoms with Gasteiger partial charge in [-0.05, 0) is 37.6 Å². The number of oxazole rings is 1. The Hall–Kier alpha value is -2.93. The van der Waals surface area contributed by atoms with Crippen molar-refractivity contribution in [2.24, 2.45) is 0 Å². The molecule has 0 aliphatic carbocycles. The number of amides is 2. The van der Waals surface area contributed by atoms with Crippen molar-refractivity contribution in [3.05, 3.63) is 42.6 Å². The van der Waals surface area contributed by atoms with Gasteiger partial charge in [-0.3, -0.25) is 4.98 Å². The zero-order chi connectivity index (χ0) is 17.9. The van der Waals surface area contributed by atoms with Crippen molar-refractivity contribution in [2.45, 2.75) is 25.8 Å². The lowest BCUT2D eigenvalue weighted by atomic mass is 10.0. The Morgan fingerprint density at radius 2 is 2.16 bits per heavy atom. The normalized spacial score (nSPS) is 13.4. The van der Waals surface area contributed by atoms with Crippen LogP contribution in [-0.4, -0.2) is 33.3 Å². The molecule has 3 N–H and O–H groups in total. The molecule has 3 aromatic rings. The van der Waals surface area contributed by atoms with Crippen LogP contribution in [0.25, 0.3) is 22.7 Å². The molecule has 3 rings (SSSR count). The summed E-state index contributed by atoms with van der Waals surface area (Å²) < 4.78 is 5.73. The second-order valence-corrected chi connectivity index (χ2v) is 6.07. The highest BCUT2D eigenvalue weighted by Gasteiger charge is 2.23. The number of nitrogens with zero attached hydrogens (tertiary/aromatic N) is 2. The van der Waals surface area contributed by atoms with E-state index in [9.17, 15) is 9.90 Å². The number of carbonyl (C=O) groups is 1. The number of hydrogen-bond acceptors (Lipinski definition) is 5. The molecule has 0 saturated carbocycles. The third-order valence-electron chi connectivity index (χ3n) is 4.07. The van der Waals surface area contributed by atoms with E-state index in [1.807, 2.05) is 25.1 Å². The minimum absolute atomic E-state index is 0.133. The molecule has 0 fully saturated rings. The maximum absolute atomic E-state index is 12.1. The van der Waals surface area contributed by atoms with Crippen molar-refractivity contribution in [2.75, 3.05) is 11.9 Å². The van der Waals surface area contributed by atoms with Crippen LogP contribution in [0, 0.1) is 0 Å². The number of carbonyl (C=O) groups excluding carboxylic acids is 1. The lowest BCUT2D eigenvalue weighted by molar-refractivity contribution is 0.172. The van der Waals surface area contributed by atoms with Gasteiger partial charge in [0.05, 0.1) is 12.1 Å². The van der Waals surface area contributed by atoms with Gasteiger partial charge < -0.3 is 20.2 Å². The third kappa shape index (κ3) is 3.77. The number of nitrogens with one attached hydrogen (secondary N) is 2. The standard InChI is InChI=1S/C18H20N4O3/c1-3-18(2,11-23)22-17(24)20-12-7-8-13-15(10-12)25-16(21-13)14-6-4-5-9-19-14/h4-10,23H,3,11H2,1-2H3,(H2,20,22,24). The van der Waals surface area contributed by atoms with E-state index in [2.05, 4.69) is 20.6 Å². The van der Waals surface area contributed by atoms with Gasteiger partial charge in [0.2, 0.25) is 5.89 Å². The molecule has 7 heteroatoms. The van der Waals surface area contributed by atoms with Crippen molar-refractivity contribution in [3.8, 4) is 11.6 Å². The quantitative estimate of drug-likeness (QED) is 0.662. The highest BCUT2D eigenvalue weighted by Crippen LogP contribution is 2.25. The number of anilines is 1. The molecule has 0 aliphatic heterocycles. The van der Waals surface area contributed by atoms with E-state index in [0.717, 1.165) is 0 Å². The molecule has 25 heavy (non-hydrogen) atoms. The zero-order valence-electron chi connectivity index (χ0n) is 14.1. The van der Waals surface area contributed by atoms with Gasteiger partial charge >= 0.3 is 6.03 Å². The average Bonchev–Trinajstić information content (AvgIpc) is 3.05. The summed E-state index contributed by atoms with van der Waals surface area (Å²) in [6, 6.07) is 10.3. The van der Waals surface area contributed by atoms with Crippen LogP contribution in [0.5, 0.6) is 0 Å². The van der Waals surface area contributed by atoms with Gasteiger partial charge in [0.25, 0.3) is 0 Å². The number of aliphatic hydroxyl groups excluding tert-OH is 1. The van der Waals surface area contributed by atoms with Gasteiger partial charge in [-0.1, -0.05) is 13.0 Å².